The van der Waals surface area contributed by atoms with Crippen LogP contribution in [-0.2, 0) is 11.0 Å². The van der Waals surface area contributed by atoms with Crippen molar-refractivity contribution in [2.45, 2.75) is 44.9 Å². The first-order chi connectivity index (χ1) is 19.5. The maximum atomic E-state index is 14.2. The number of halogens is 4. The molecule has 13 heteroatoms. The van der Waals surface area contributed by atoms with E-state index in [0.717, 1.165) is 23.8 Å². The average Bonchev–Trinajstić information content (AvgIpc) is 3.56. The summed E-state index contributed by atoms with van der Waals surface area (Å²) in [5.41, 5.74) is -0.255. The molecule has 9 nitrogen and oxygen atoms in total. The summed E-state index contributed by atoms with van der Waals surface area (Å²) in [7, 11) is 0. The molecular weight excluding hydrogens is 563 g/mol. The molecule has 2 atom stereocenters. The van der Waals surface area contributed by atoms with Gasteiger partial charge in [0.2, 0.25) is 5.82 Å². The summed E-state index contributed by atoms with van der Waals surface area (Å²) < 4.78 is 48.6. The van der Waals surface area contributed by atoms with Crippen LogP contribution in [0.4, 0.5) is 13.2 Å². The van der Waals surface area contributed by atoms with E-state index in [4.69, 9.17) is 16.1 Å². The number of carboxylic acid groups (broad SMARTS) is 1. The van der Waals surface area contributed by atoms with Crippen molar-refractivity contribution >= 4 is 17.6 Å². The summed E-state index contributed by atoms with van der Waals surface area (Å²) in [5.74, 6) is -1.20. The lowest BCUT2D eigenvalue weighted by molar-refractivity contribution is -0.142. The van der Waals surface area contributed by atoms with Gasteiger partial charge in [0.1, 0.15) is 0 Å². The summed E-state index contributed by atoms with van der Waals surface area (Å²) in [6.45, 7) is 2.95. The second kappa shape index (κ2) is 11.3. The third kappa shape index (κ3) is 6.14. The number of nitrogens with one attached hydrogen (secondary N) is 1. The highest BCUT2D eigenvalue weighted by atomic mass is 35.5. The Bertz CT molecular complexity index is 1550. The number of aromatic nitrogens is 4. The Hall–Kier alpha value is -3.74. The Morgan fingerprint density at radius 3 is 2.63 bits per heavy atom. The first-order valence-corrected chi connectivity index (χ1v) is 13.3. The number of hydrogen-bond acceptors (Lipinski definition) is 7. The lowest BCUT2D eigenvalue weighted by atomic mass is 9.73. The van der Waals surface area contributed by atoms with Crippen LogP contribution in [-0.4, -0.2) is 49.2 Å². The second-order valence-corrected chi connectivity index (χ2v) is 10.8. The van der Waals surface area contributed by atoms with Crippen LogP contribution in [0.15, 0.2) is 53.2 Å². The zero-order chi connectivity index (χ0) is 29.4. The van der Waals surface area contributed by atoms with E-state index in [-0.39, 0.29) is 35.8 Å². The van der Waals surface area contributed by atoms with Crippen LogP contribution in [0.25, 0.3) is 28.5 Å². The third-order valence-electron chi connectivity index (χ3n) is 7.35. The van der Waals surface area contributed by atoms with Crippen LogP contribution in [0.1, 0.15) is 48.6 Å². The Labute approximate surface area is 238 Å². The maximum absolute atomic E-state index is 14.2. The summed E-state index contributed by atoms with van der Waals surface area (Å²) in [4.78, 5) is 15.7. The van der Waals surface area contributed by atoms with Crippen LogP contribution in [0.5, 0.6) is 0 Å². The Morgan fingerprint density at radius 2 is 2.00 bits per heavy atom. The van der Waals surface area contributed by atoms with Gasteiger partial charge in [-0.05, 0) is 67.5 Å². The SMILES string of the molecule is Cc1cc(Cl)ccc1-n1ncc(-c2nc(-c3ccc([C@@H](O)C[C@@]4(CC(=O)O)CCCNC4)cc3)no2)c1C(F)(F)F. The predicted octanol–water partition coefficient (Wildman–Crippen LogP) is 5.84. The largest absolute Gasteiger partial charge is 0.481 e. The lowest BCUT2D eigenvalue weighted by Crippen LogP contribution is -2.42. The van der Waals surface area contributed by atoms with Gasteiger partial charge in [-0.2, -0.15) is 23.3 Å². The number of rotatable bonds is 8. The van der Waals surface area contributed by atoms with Gasteiger partial charge in [0.25, 0.3) is 5.89 Å². The van der Waals surface area contributed by atoms with Crippen molar-refractivity contribution in [1.29, 1.82) is 0 Å². The highest BCUT2D eigenvalue weighted by molar-refractivity contribution is 6.30. The smallest absolute Gasteiger partial charge is 0.434 e. The van der Waals surface area contributed by atoms with Crippen LogP contribution < -0.4 is 5.32 Å². The van der Waals surface area contributed by atoms with Crippen LogP contribution in [0.3, 0.4) is 0 Å². The fourth-order valence-corrected chi connectivity index (χ4v) is 5.62. The molecule has 216 valence electrons. The number of aryl methyl sites for hydroxylation is 1. The molecule has 0 amide bonds. The van der Waals surface area contributed by atoms with Gasteiger partial charge in [-0.3, -0.25) is 4.79 Å². The number of hydrogen-bond donors (Lipinski definition) is 3. The molecule has 0 bridgehead atoms. The molecule has 0 unspecified atom stereocenters. The van der Waals surface area contributed by atoms with E-state index < -0.39 is 29.4 Å². The Kier molecular flexibility index (Phi) is 7.91. The molecule has 4 aromatic rings. The summed E-state index contributed by atoms with van der Waals surface area (Å²) in [6, 6.07) is 11.0. The van der Waals surface area contributed by atoms with E-state index in [0.29, 0.717) is 34.7 Å². The molecule has 2 aromatic carbocycles. The van der Waals surface area contributed by atoms with Crippen LogP contribution in [0.2, 0.25) is 5.02 Å². The van der Waals surface area contributed by atoms with Gasteiger partial charge in [-0.15, -0.1) is 0 Å². The Balaban J connectivity index is 1.39. The number of nitrogens with zero attached hydrogens (tertiary/aromatic N) is 4. The van der Waals surface area contributed by atoms with Crippen LogP contribution >= 0.6 is 11.6 Å². The van der Waals surface area contributed by atoms with Gasteiger partial charge >= 0.3 is 12.1 Å². The van der Waals surface area contributed by atoms with E-state index in [1.165, 1.54) is 12.1 Å². The van der Waals surface area contributed by atoms with Crippen molar-refractivity contribution in [3.05, 3.63) is 70.5 Å². The van der Waals surface area contributed by atoms with Gasteiger partial charge in [-0.25, -0.2) is 4.68 Å². The normalized spacial score (nSPS) is 18.4. The first kappa shape index (κ1) is 28.8. The van der Waals surface area contributed by atoms with Gasteiger partial charge < -0.3 is 20.1 Å². The van der Waals surface area contributed by atoms with Gasteiger partial charge in [0.05, 0.1) is 30.0 Å². The van der Waals surface area contributed by atoms with Crippen molar-refractivity contribution in [2.24, 2.45) is 5.41 Å². The average molecular weight is 590 g/mol. The van der Waals surface area contributed by atoms with Crippen molar-refractivity contribution in [3.8, 4) is 28.5 Å². The lowest BCUT2D eigenvalue weighted by Gasteiger charge is -2.38. The minimum atomic E-state index is -4.78. The topological polar surface area (TPSA) is 126 Å². The maximum Gasteiger partial charge on any atom is 0.434 e. The zero-order valence-electron chi connectivity index (χ0n) is 22.0. The number of benzene rings is 2. The molecule has 5 rings (SSSR count). The summed E-state index contributed by atoms with van der Waals surface area (Å²) >= 11 is 5.97. The molecule has 0 saturated carbocycles. The molecule has 1 aliphatic heterocycles. The molecule has 0 aliphatic carbocycles. The van der Waals surface area contributed by atoms with Crippen molar-refractivity contribution in [3.63, 3.8) is 0 Å². The first-order valence-electron chi connectivity index (χ1n) is 12.9. The third-order valence-corrected chi connectivity index (χ3v) is 7.58. The number of piperidine rings is 1. The molecule has 1 aliphatic rings. The number of aliphatic hydroxyl groups is 1. The molecule has 1 fully saturated rings. The monoisotopic (exact) mass is 589 g/mol. The predicted molar refractivity (Wildman–Crippen MR) is 143 cm³/mol. The number of aliphatic carboxylic acids is 1. The number of aliphatic hydroxyl groups excluding tert-OH is 1. The van der Waals surface area contributed by atoms with Crippen LogP contribution in [0, 0.1) is 12.3 Å². The van der Waals surface area contributed by atoms with E-state index in [2.05, 4.69) is 20.6 Å². The van der Waals surface area contributed by atoms with Crippen molar-refractivity contribution < 1.29 is 32.7 Å². The van der Waals surface area contributed by atoms with Crippen molar-refractivity contribution in [1.82, 2.24) is 25.2 Å². The fraction of sp³-hybridized carbons (Fsp3) is 0.357. The highest BCUT2D eigenvalue weighted by Crippen LogP contribution is 2.41. The van der Waals surface area contributed by atoms with E-state index >= 15 is 0 Å². The molecular formula is C28H27ClF3N5O4. The molecule has 3 heterocycles. The second-order valence-electron chi connectivity index (χ2n) is 10.4. The molecule has 1 saturated heterocycles. The molecule has 0 spiro atoms. The van der Waals surface area contributed by atoms with Crippen molar-refractivity contribution in [2.75, 3.05) is 13.1 Å². The minimum Gasteiger partial charge on any atom is -0.481 e. The Morgan fingerprint density at radius 1 is 1.24 bits per heavy atom. The quantitative estimate of drug-likeness (QED) is 0.234. The van der Waals surface area contributed by atoms with Gasteiger partial charge in [-0.1, -0.05) is 41.0 Å². The molecule has 41 heavy (non-hydrogen) atoms. The number of carbonyl (C=O) groups is 1. The standard InChI is InChI=1S/C28H27ClF3N5O4/c1-16-11-19(29)7-8-21(16)37-24(28(30,31)32)20(14-34-37)26-35-25(36-41-26)18-5-3-17(4-6-18)22(38)12-27(13-23(39)40)9-2-10-33-15-27/h3-8,11,14,22,33,38H,2,9-10,12-13,15H2,1H3,(H,39,40)/t22-,27+/m0/s1. The molecule has 0 radical (unpaired) electrons. The molecule has 2 aromatic heterocycles. The summed E-state index contributed by atoms with van der Waals surface area (Å²) in [5, 5.41) is 31.8. The summed E-state index contributed by atoms with van der Waals surface area (Å²) in [6.07, 6.45) is -2.91. The van der Waals surface area contributed by atoms with E-state index in [1.807, 2.05) is 0 Å². The van der Waals surface area contributed by atoms with Gasteiger partial charge in [0.15, 0.2) is 5.69 Å². The van der Waals surface area contributed by atoms with E-state index in [1.54, 1.807) is 37.3 Å². The fourth-order valence-electron chi connectivity index (χ4n) is 5.40. The van der Waals surface area contributed by atoms with Gasteiger partial charge in [0, 0.05) is 17.1 Å². The highest BCUT2D eigenvalue weighted by Gasteiger charge is 2.41. The number of alkyl halides is 3. The number of carboxylic acids is 1. The zero-order valence-corrected chi connectivity index (χ0v) is 22.7. The minimum absolute atomic E-state index is 0.0468. The molecule has 3 N–H and O–H groups in total. The van der Waals surface area contributed by atoms with E-state index in [9.17, 15) is 28.2 Å².